The van der Waals surface area contributed by atoms with Crippen molar-refractivity contribution in [3.05, 3.63) is 0 Å². The van der Waals surface area contributed by atoms with E-state index in [9.17, 15) is 14.4 Å². The van der Waals surface area contributed by atoms with Gasteiger partial charge in [0.2, 0.25) is 0 Å². The summed E-state index contributed by atoms with van der Waals surface area (Å²) in [5.74, 6) is -1.85. The molecule has 1 rings (SSSR count). The average molecular weight is 331 g/mol. The zero-order valence-electron chi connectivity index (χ0n) is 12.6. The van der Waals surface area contributed by atoms with Gasteiger partial charge in [-0.15, -0.1) is 0 Å². The lowest BCUT2D eigenvalue weighted by Crippen LogP contribution is -2.60. The van der Waals surface area contributed by atoms with E-state index in [1.165, 1.54) is 20.8 Å². The molecule has 1 heterocycles. The van der Waals surface area contributed by atoms with E-state index in [1.54, 1.807) is 6.92 Å². The molecule has 0 aromatic carbocycles. The summed E-state index contributed by atoms with van der Waals surface area (Å²) in [6, 6.07) is 0. The summed E-state index contributed by atoms with van der Waals surface area (Å²) in [6.07, 6.45) is -4.77. The highest BCUT2D eigenvalue weighted by atomic mass is 32.1. The third-order valence-electron chi connectivity index (χ3n) is 2.83. The second-order valence-electron chi connectivity index (χ2n) is 4.67. The van der Waals surface area contributed by atoms with Crippen molar-refractivity contribution in [3.63, 3.8) is 0 Å². The molecule has 22 heavy (non-hydrogen) atoms. The first-order chi connectivity index (χ1) is 10.3. The number of carbonyl (C=O) groups is 3. The zero-order valence-corrected chi connectivity index (χ0v) is 13.4. The quantitative estimate of drug-likeness (QED) is 0.320. The van der Waals surface area contributed by atoms with Gasteiger partial charge in [-0.05, 0) is 19.1 Å². The minimum atomic E-state index is -1.10. The third-order valence-corrected chi connectivity index (χ3v) is 2.94. The molecule has 9 heteroatoms. The van der Waals surface area contributed by atoms with Crippen LogP contribution in [0.25, 0.3) is 0 Å². The fourth-order valence-electron chi connectivity index (χ4n) is 2.14. The molecule has 1 aliphatic rings. The van der Waals surface area contributed by atoms with Gasteiger partial charge in [0.1, 0.15) is 0 Å². The Labute approximate surface area is 132 Å². The van der Waals surface area contributed by atoms with Crippen LogP contribution in [0.2, 0.25) is 0 Å². The molecule has 5 atom stereocenters. The Morgan fingerprint density at radius 2 is 1.41 bits per heavy atom. The Balaban J connectivity index is 3.18. The number of rotatable bonds is 4. The molecule has 0 spiro atoms. The summed E-state index contributed by atoms with van der Waals surface area (Å²) < 4.78 is 20.9. The SMILES string of the molecule is CC(=O)OC1C(C)OC(N=C=S)C(OC(C)=O)C1OC(C)=O. The normalized spacial score (nSPS) is 30.6. The number of carbonyl (C=O) groups excluding carboxylic acids is 3. The number of isothiocyanates is 1. The lowest BCUT2D eigenvalue weighted by Gasteiger charge is -2.41. The van der Waals surface area contributed by atoms with E-state index in [0.717, 1.165) is 0 Å². The molecule has 1 saturated heterocycles. The van der Waals surface area contributed by atoms with E-state index >= 15 is 0 Å². The predicted molar refractivity (Wildman–Crippen MR) is 76.0 cm³/mol. The van der Waals surface area contributed by atoms with Crippen molar-refractivity contribution in [1.29, 1.82) is 0 Å². The Morgan fingerprint density at radius 3 is 1.86 bits per heavy atom. The van der Waals surface area contributed by atoms with Gasteiger partial charge in [-0.3, -0.25) is 14.4 Å². The first-order valence-corrected chi connectivity index (χ1v) is 6.91. The monoisotopic (exact) mass is 331 g/mol. The standard InChI is InChI=1S/C13H17NO7S/c1-6-10(19-7(2)15)11(20-8(3)16)12(21-9(4)17)13(18-6)14-5-22/h6,10-13H,1-4H3. The molecule has 8 nitrogen and oxygen atoms in total. The smallest absolute Gasteiger partial charge is 0.303 e. The highest BCUT2D eigenvalue weighted by Gasteiger charge is 2.50. The van der Waals surface area contributed by atoms with Gasteiger partial charge in [0.15, 0.2) is 24.5 Å². The molecule has 0 aromatic rings. The van der Waals surface area contributed by atoms with Crippen LogP contribution in [0.15, 0.2) is 4.99 Å². The molecule has 1 fully saturated rings. The van der Waals surface area contributed by atoms with E-state index in [1.807, 2.05) is 0 Å². The van der Waals surface area contributed by atoms with Crippen LogP contribution >= 0.6 is 12.2 Å². The van der Waals surface area contributed by atoms with E-state index in [0.29, 0.717) is 0 Å². The molecule has 0 saturated carbocycles. The summed E-state index contributed by atoms with van der Waals surface area (Å²) in [5, 5.41) is 2.13. The van der Waals surface area contributed by atoms with Crippen LogP contribution < -0.4 is 0 Å². The van der Waals surface area contributed by atoms with Crippen LogP contribution in [0.3, 0.4) is 0 Å². The Hall–Kier alpha value is -1.83. The van der Waals surface area contributed by atoms with Gasteiger partial charge in [0.25, 0.3) is 0 Å². The molecule has 122 valence electrons. The van der Waals surface area contributed by atoms with Gasteiger partial charge >= 0.3 is 17.9 Å². The number of thiocarbonyl (C=S) groups is 1. The second kappa shape index (κ2) is 7.98. The summed E-state index contributed by atoms with van der Waals surface area (Å²) in [6.45, 7) is 5.19. The third kappa shape index (κ3) is 4.87. The minimum Gasteiger partial charge on any atom is -0.456 e. The lowest BCUT2D eigenvalue weighted by molar-refractivity contribution is -0.241. The Bertz CT molecular complexity index is 503. The van der Waals surface area contributed by atoms with Crippen molar-refractivity contribution in [2.75, 3.05) is 0 Å². The van der Waals surface area contributed by atoms with Crippen LogP contribution in [-0.2, 0) is 33.3 Å². The highest BCUT2D eigenvalue weighted by molar-refractivity contribution is 7.78. The number of aliphatic imine (C=N–C) groups is 1. The maximum atomic E-state index is 11.3. The van der Waals surface area contributed by atoms with Crippen LogP contribution in [0.4, 0.5) is 0 Å². The molecule has 0 aromatic heterocycles. The van der Waals surface area contributed by atoms with Gasteiger partial charge in [-0.25, -0.2) is 0 Å². The number of nitrogens with zero attached hydrogens (tertiary/aromatic N) is 1. The van der Waals surface area contributed by atoms with Crippen molar-refractivity contribution >= 4 is 35.3 Å². The Kier molecular flexibility index (Phi) is 6.61. The van der Waals surface area contributed by atoms with E-state index < -0.39 is 48.6 Å². The summed E-state index contributed by atoms with van der Waals surface area (Å²) >= 11 is 4.53. The minimum absolute atomic E-state index is 0.587. The fraction of sp³-hybridized carbons (Fsp3) is 0.692. The van der Waals surface area contributed by atoms with Crippen molar-refractivity contribution < 1.29 is 33.3 Å². The summed E-state index contributed by atoms with van der Waals surface area (Å²) in [5.41, 5.74) is 0. The van der Waals surface area contributed by atoms with Gasteiger partial charge < -0.3 is 18.9 Å². The van der Waals surface area contributed by atoms with Crippen LogP contribution in [0.5, 0.6) is 0 Å². The molecule has 0 aliphatic carbocycles. The van der Waals surface area contributed by atoms with Crippen molar-refractivity contribution in [2.45, 2.75) is 58.3 Å². The zero-order chi connectivity index (χ0) is 16.9. The van der Waals surface area contributed by atoms with Crippen molar-refractivity contribution in [1.82, 2.24) is 0 Å². The van der Waals surface area contributed by atoms with Crippen LogP contribution in [0, 0.1) is 0 Å². The first-order valence-electron chi connectivity index (χ1n) is 6.50. The maximum Gasteiger partial charge on any atom is 0.303 e. The largest absolute Gasteiger partial charge is 0.456 e. The fourth-order valence-corrected chi connectivity index (χ4v) is 2.25. The van der Waals surface area contributed by atoms with Crippen LogP contribution in [-0.4, -0.2) is 53.7 Å². The van der Waals surface area contributed by atoms with Crippen molar-refractivity contribution in [2.24, 2.45) is 4.99 Å². The first kappa shape index (κ1) is 18.2. The molecule has 0 N–H and O–H groups in total. The number of hydrogen-bond acceptors (Lipinski definition) is 9. The summed E-state index contributed by atoms with van der Waals surface area (Å²) in [7, 11) is 0. The summed E-state index contributed by atoms with van der Waals surface area (Å²) in [4.78, 5) is 37.6. The van der Waals surface area contributed by atoms with E-state index in [4.69, 9.17) is 18.9 Å². The maximum absolute atomic E-state index is 11.3. The second-order valence-corrected chi connectivity index (χ2v) is 4.86. The Morgan fingerprint density at radius 1 is 0.955 bits per heavy atom. The molecular formula is C13H17NO7S. The number of ether oxygens (including phenoxy) is 4. The van der Waals surface area contributed by atoms with E-state index in [2.05, 4.69) is 22.4 Å². The predicted octanol–water partition coefficient (Wildman–Crippen LogP) is 0.629. The van der Waals surface area contributed by atoms with E-state index in [-0.39, 0.29) is 0 Å². The van der Waals surface area contributed by atoms with Gasteiger partial charge in [-0.1, -0.05) is 0 Å². The van der Waals surface area contributed by atoms with Crippen molar-refractivity contribution in [3.8, 4) is 0 Å². The molecular weight excluding hydrogens is 314 g/mol. The van der Waals surface area contributed by atoms with Gasteiger partial charge in [0.05, 0.1) is 11.3 Å². The molecule has 1 aliphatic heterocycles. The molecule has 0 radical (unpaired) electrons. The number of hydrogen-bond donors (Lipinski definition) is 0. The average Bonchev–Trinajstić information content (AvgIpc) is 2.37. The highest BCUT2D eigenvalue weighted by Crippen LogP contribution is 2.29. The molecule has 0 amide bonds. The van der Waals surface area contributed by atoms with Crippen LogP contribution in [0.1, 0.15) is 27.7 Å². The number of esters is 3. The molecule has 0 bridgehead atoms. The topological polar surface area (TPSA) is 100 Å². The van der Waals surface area contributed by atoms with Gasteiger partial charge in [0, 0.05) is 20.8 Å². The molecule has 5 unspecified atom stereocenters. The lowest BCUT2D eigenvalue weighted by atomic mass is 9.98. The van der Waals surface area contributed by atoms with Gasteiger partial charge in [-0.2, -0.15) is 4.99 Å².